The number of aromatic carboxylic acids is 1. The number of aromatic nitrogens is 3. The van der Waals surface area contributed by atoms with Crippen LogP contribution in [-0.2, 0) is 6.54 Å². The van der Waals surface area contributed by atoms with E-state index in [9.17, 15) is 31.9 Å². The molecule has 12 heteroatoms. The lowest BCUT2D eigenvalue weighted by atomic mass is 10.0. The summed E-state index contributed by atoms with van der Waals surface area (Å²) in [5, 5.41) is 15.8. The van der Waals surface area contributed by atoms with Crippen molar-refractivity contribution in [2.24, 2.45) is 0 Å². The Morgan fingerprint density at radius 1 is 1.33 bits per heavy atom. The Kier molecular flexibility index (Phi) is 6.57. The molecule has 0 atom stereocenters. The zero-order chi connectivity index (χ0) is 22.9. The van der Waals surface area contributed by atoms with Crippen molar-refractivity contribution < 1.29 is 36.6 Å². The molecule has 30 heavy (non-hydrogen) atoms. The summed E-state index contributed by atoms with van der Waals surface area (Å²) in [7, 11) is 0. The summed E-state index contributed by atoms with van der Waals surface area (Å²) < 4.78 is 70.1. The molecule has 2 N–H and O–H groups in total. The highest BCUT2D eigenvalue weighted by atomic mass is 19.4. The van der Waals surface area contributed by atoms with Crippen LogP contribution in [0.2, 0.25) is 0 Å². The maximum Gasteiger partial charge on any atom is 0.391 e. The van der Waals surface area contributed by atoms with Gasteiger partial charge in [-0.05, 0) is 27.7 Å². The van der Waals surface area contributed by atoms with Gasteiger partial charge in [0.1, 0.15) is 11.6 Å². The molecular formula is C18H21F5N4O3. The molecule has 0 amide bonds. The number of aryl methyl sites for hydroxylation is 1. The fourth-order valence-electron chi connectivity index (χ4n) is 3.09. The number of rotatable bonds is 8. The summed E-state index contributed by atoms with van der Waals surface area (Å²) >= 11 is 0. The summed E-state index contributed by atoms with van der Waals surface area (Å²) in [6, 6.07) is 1.05. The van der Waals surface area contributed by atoms with Gasteiger partial charge in [-0.1, -0.05) is 0 Å². The lowest BCUT2D eigenvalue weighted by molar-refractivity contribution is -0.142. The number of alkyl halides is 5. The number of nitrogens with zero attached hydrogens (tertiary/aromatic N) is 3. The molecule has 0 aliphatic carbocycles. The van der Waals surface area contributed by atoms with Crippen molar-refractivity contribution in [2.75, 3.05) is 5.32 Å². The first kappa shape index (κ1) is 23.4. The number of carboxylic acids is 1. The van der Waals surface area contributed by atoms with Crippen molar-refractivity contribution in [1.29, 1.82) is 0 Å². The number of hydrogen-bond acceptors (Lipinski definition) is 5. The lowest BCUT2D eigenvalue weighted by Gasteiger charge is -2.28. The fraction of sp³-hybridized carbons (Fsp3) is 0.500. The van der Waals surface area contributed by atoms with Crippen molar-refractivity contribution in [3.8, 4) is 17.0 Å². The van der Waals surface area contributed by atoms with Crippen LogP contribution in [0, 0.1) is 6.92 Å². The highest BCUT2D eigenvalue weighted by Crippen LogP contribution is 2.37. The molecule has 0 fully saturated rings. The van der Waals surface area contributed by atoms with Gasteiger partial charge in [0.15, 0.2) is 5.69 Å². The van der Waals surface area contributed by atoms with E-state index < -0.39 is 30.7 Å². The van der Waals surface area contributed by atoms with Gasteiger partial charge in [0, 0.05) is 29.9 Å². The summed E-state index contributed by atoms with van der Waals surface area (Å²) in [6.45, 7) is 2.73. The maximum atomic E-state index is 13.0. The van der Waals surface area contributed by atoms with E-state index in [1.807, 2.05) is 0 Å². The molecule has 0 saturated carbocycles. The molecule has 7 nitrogen and oxygen atoms in total. The summed E-state index contributed by atoms with van der Waals surface area (Å²) in [4.78, 5) is 15.4. The number of hydrogen-bond donors (Lipinski definition) is 2. The lowest BCUT2D eigenvalue weighted by Crippen LogP contribution is -2.36. The first-order valence-electron chi connectivity index (χ1n) is 8.85. The van der Waals surface area contributed by atoms with Gasteiger partial charge >= 0.3 is 18.8 Å². The van der Waals surface area contributed by atoms with Gasteiger partial charge in [-0.15, -0.1) is 0 Å². The van der Waals surface area contributed by atoms with E-state index in [0.29, 0.717) is 0 Å². The smallest absolute Gasteiger partial charge is 0.391 e. The number of ether oxygens (including phenoxy) is 1. The molecule has 0 aliphatic heterocycles. The van der Waals surface area contributed by atoms with Gasteiger partial charge in [-0.25, -0.2) is 9.78 Å². The molecule has 0 saturated heterocycles. The number of carboxylic acid groups (broad SMARTS) is 1. The van der Waals surface area contributed by atoms with Gasteiger partial charge in [0.25, 0.3) is 0 Å². The van der Waals surface area contributed by atoms with Crippen molar-refractivity contribution in [1.82, 2.24) is 14.8 Å². The number of carbonyl (C=O) groups is 1. The Morgan fingerprint density at radius 3 is 2.47 bits per heavy atom. The molecule has 166 valence electrons. The Balaban J connectivity index is 2.54. The Hall–Kier alpha value is -2.92. The average Bonchev–Trinajstić information content (AvgIpc) is 2.88. The quantitative estimate of drug-likeness (QED) is 0.583. The van der Waals surface area contributed by atoms with Gasteiger partial charge in [-0.2, -0.15) is 27.1 Å². The van der Waals surface area contributed by atoms with Gasteiger partial charge < -0.3 is 15.2 Å². The maximum absolute atomic E-state index is 13.0. The second-order valence-corrected chi connectivity index (χ2v) is 7.19. The van der Waals surface area contributed by atoms with Crippen LogP contribution in [0.5, 0.6) is 5.75 Å². The third-order valence-electron chi connectivity index (χ3n) is 4.14. The minimum Gasteiger partial charge on any atom is -0.476 e. The predicted octanol–water partition coefficient (Wildman–Crippen LogP) is 4.72. The highest BCUT2D eigenvalue weighted by molar-refractivity contribution is 5.90. The van der Waals surface area contributed by atoms with E-state index in [4.69, 9.17) is 0 Å². The first-order chi connectivity index (χ1) is 13.7. The molecule has 2 rings (SSSR count). The van der Waals surface area contributed by atoms with Crippen LogP contribution in [0.15, 0.2) is 12.3 Å². The molecular weight excluding hydrogens is 415 g/mol. The largest absolute Gasteiger partial charge is 0.476 e. The third kappa shape index (κ3) is 5.57. The zero-order valence-electron chi connectivity index (χ0n) is 16.6. The minimum atomic E-state index is -4.45. The van der Waals surface area contributed by atoms with E-state index in [2.05, 4.69) is 20.1 Å². The highest BCUT2D eigenvalue weighted by Gasteiger charge is 2.37. The topological polar surface area (TPSA) is 89.3 Å². The summed E-state index contributed by atoms with van der Waals surface area (Å²) in [5.74, 6) is -1.78. The third-order valence-corrected chi connectivity index (χ3v) is 4.14. The summed E-state index contributed by atoms with van der Waals surface area (Å²) in [5.41, 5.74) is -1.27. The second kappa shape index (κ2) is 8.44. The van der Waals surface area contributed by atoms with Crippen molar-refractivity contribution in [3.63, 3.8) is 0 Å². The molecule has 2 heterocycles. The molecule has 0 bridgehead atoms. The molecule has 0 aromatic carbocycles. The van der Waals surface area contributed by atoms with Crippen LogP contribution < -0.4 is 10.1 Å². The first-order valence-corrected chi connectivity index (χ1v) is 8.85. The fourth-order valence-corrected chi connectivity index (χ4v) is 3.09. The predicted molar refractivity (Wildman–Crippen MR) is 97.8 cm³/mol. The van der Waals surface area contributed by atoms with Gasteiger partial charge in [-0.3, -0.25) is 4.68 Å². The second-order valence-electron chi connectivity index (χ2n) is 7.19. The molecule has 2 aromatic rings. The van der Waals surface area contributed by atoms with Crippen LogP contribution in [-0.4, -0.2) is 44.2 Å². The van der Waals surface area contributed by atoms with Crippen LogP contribution in [0.1, 0.15) is 43.2 Å². The number of pyridine rings is 1. The summed E-state index contributed by atoms with van der Waals surface area (Å²) in [6.07, 6.45) is -4.50. The van der Waals surface area contributed by atoms with Gasteiger partial charge in [0.2, 0.25) is 0 Å². The minimum absolute atomic E-state index is 0.0360. The van der Waals surface area contributed by atoms with Gasteiger partial charge in [0.05, 0.1) is 17.7 Å². The molecule has 0 radical (unpaired) electrons. The SMILES string of the molecule is CCn1nc(C(=O)O)c(C)c1-c1cnc(NC(C)(C)CC(F)(F)F)cc1OC(F)F. The average molecular weight is 436 g/mol. The molecule has 0 spiro atoms. The van der Waals surface area contributed by atoms with Crippen molar-refractivity contribution >= 4 is 11.8 Å². The number of halogens is 5. The van der Waals surface area contributed by atoms with Crippen LogP contribution in [0.25, 0.3) is 11.3 Å². The van der Waals surface area contributed by atoms with E-state index >= 15 is 0 Å². The number of nitrogens with one attached hydrogen (secondary N) is 1. The zero-order valence-corrected chi connectivity index (χ0v) is 16.6. The Labute approximate surface area is 168 Å². The van der Waals surface area contributed by atoms with Crippen molar-refractivity contribution in [3.05, 3.63) is 23.5 Å². The van der Waals surface area contributed by atoms with E-state index in [1.165, 1.54) is 25.5 Å². The van der Waals surface area contributed by atoms with Crippen LogP contribution >= 0.6 is 0 Å². The normalized spacial score (nSPS) is 12.3. The Bertz CT molecular complexity index is 925. The van der Waals surface area contributed by atoms with Crippen LogP contribution in [0.3, 0.4) is 0 Å². The molecule has 0 unspecified atom stereocenters. The number of anilines is 1. The van der Waals surface area contributed by atoms with Crippen LogP contribution in [0.4, 0.5) is 27.8 Å². The molecule has 2 aromatic heterocycles. The monoisotopic (exact) mass is 436 g/mol. The van der Waals surface area contributed by atoms with E-state index in [0.717, 1.165) is 12.3 Å². The Morgan fingerprint density at radius 2 is 1.97 bits per heavy atom. The standard InChI is InChI=1S/C18H21F5N4O3/c1-5-27-14(9(2)13(26-27)15(28)29)10-7-24-12(6-11(10)30-16(19)20)25-17(3,4)8-18(21,22)23/h6-7,16H,5,8H2,1-4H3,(H,24,25)(H,28,29). The molecule has 0 aliphatic rings. The van der Waals surface area contributed by atoms with Crippen molar-refractivity contribution in [2.45, 2.75) is 59.0 Å². The van der Waals surface area contributed by atoms with E-state index in [1.54, 1.807) is 6.92 Å². The van der Waals surface area contributed by atoms with E-state index in [-0.39, 0.29) is 40.6 Å².